The molecule has 1 aromatic heterocycles. The molecule has 2 saturated heterocycles. The maximum absolute atomic E-state index is 12.5. The average Bonchev–Trinajstić information content (AvgIpc) is 3.32. The average molecular weight is 472 g/mol. The summed E-state index contributed by atoms with van der Waals surface area (Å²) in [5.74, 6) is -3.75. The molecule has 182 valence electrons. The lowest BCUT2D eigenvalue weighted by molar-refractivity contribution is -0.159. The molecule has 2 aromatic rings. The van der Waals surface area contributed by atoms with Gasteiger partial charge in [0.15, 0.2) is 0 Å². The first-order chi connectivity index (χ1) is 16.1. The van der Waals surface area contributed by atoms with Gasteiger partial charge in [-0.05, 0) is 55.9 Å². The summed E-state index contributed by atoms with van der Waals surface area (Å²) in [6.07, 6.45) is 4.19. The van der Waals surface area contributed by atoms with Gasteiger partial charge in [-0.15, -0.1) is 0 Å². The highest BCUT2D eigenvalue weighted by Gasteiger charge is 2.32. The summed E-state index contributed by atoms with van der Waals surface area (Å²) in [6.45, 7) is 6.35. The number of carboxylic acid groups (broad SMARTS) is 2. The molecule has 0 bridgehead atoms. The number of aromatic nitrogens is 2. The number of aliphatic carboxylic acids is 2. The SMILES string of the molecule is Cc1cc2ncn(CC3CCN(C(=O)CN4C(=O)CCC4=O)CC3)c2cc1C.O=C(O)C(=O)O. The molecule has 2 fully saturated rings. The summed E-state index contributed by atoms with van der Waals surface area (Å²) in [6, 6.07) is 4.32. The number of carboxylic acids is 2. The van der Waals surface area contributed by atoms with Crippen molar-refractivity contribution >= 4 is 40.7 Å². The largest absolute Gasteiger partial charge is 0.473 e. The summed E-state index contributed by atoms with van der Waals surface area (Å²) >= 11 is 0. The first-order valence-electron chi connectivity index (χ1n) is 11.1. The van der Waals surface area contributed by atoms with Gasteiger partial charge >= 0.3 is 11.9 Å². The van der Waals surface area contributed by atoms with Crippen molar-refractivity contribution < 1.29 is 34.2 Å². The van der Waals surface area contributed by atoms with Gasteiger partial charge in [0.05, 0.1) is 17.4 Å². The molecule has 0 radical (unpaired) electrons. The standard InChI is InChI=1S/C21H26N4O3.C2H2O4/c1-14-9-17-18(10-15(14)2)24(13-22-17)11-16-5-7-23(8-6-16)21(28)12-25-19(26)3-4-20(25)27;3-1(4)2(5)6/h9-10,13,16H,3-8,11-12H2,1-2H3;(H,3,4)(H,5,6). The van der Waals surface area contributed by atoms with Crippen molar-refractivity contribution in [3.63, 3.8) is 0 Å². The molecule has 0 atom stereocenters. The molecule has 3 amide bonds. The zero-order valence-electron chi connectivity index (χ0n) is 19.2. The Bertz CT molecular complexity index is 1100. The number of nitrogens with zero attached hydrogens (tertiary/aromatic N) is 4. The second kappa shape index (κ2) is 10.4. The maximum atomic E-state index is 12.5. The molecule has 0 unspecified atom stereocenters. The van der Waals surface area contributed by atoms with E-state index in [0.29, 0.717) is 19.0 Å². The minimum atomic E-state index is -1.82. The predicted octanol–water partition coefficient (Wildman–Crippen LogP) is 1.20. The van der Waals surface area contributed by atoms with E-state index in [-0.39, 0.29) is 37.1 Å². The Morgan fingerprint density at radius 1 is 0.971 bits per heavy atom. The molecule has 0 saturated carbocycles. The second-order valence-electron chi connectivity index (χ2n) is 8.63. The first kappa shape index (κ1) is 24.9. The van der Waals surface area contributed by atoms with Gasteiger partial charge in [-0.1, -0.05) is 0 Å². The number of carbonyl (C=O) groups excluding carboxylic acids is 3. The Kier molecular flexibility index (Phi) is 7.64. The van der Waals surface area contributed by atoms with Crippen molar-refractivity contribution in [2.45, 2.75) is 46.1 Å². The Hall–Kier alpha value is -3.76. The second-order valence-corrected chi connectivity index (χ2v) is 8.63. The fourth-order valence-electron chi connectivity index (χ4n) is 4.14. The van der Waals surface area contributed by atoms with E-state index in [1.54, 1.807) is 4.90 Å². The Balaban J connectivity index is 0.000000481. The number of benzene rings is 1. The highest BCUT2D eigenvalue weighted by Crippen LogP contribution is 2.24. The quantitative estimate of drug-likeness (QED) is 0.498. The Morgan fingerprint density at radius 2 is 1.53 bits per heavy atom. The molecule has 2 aliphatic rings. The van der Waals surface area contributed by atoms with Gasteiger partial charge in [0.25, 0.3) is 0 Å². The van der Waals surface area contributed by atoms with E-state index in [1.165, 1.54) is 11.1 Å². The number of hydrogen-bond acceptors (Lipinski definition) is 6. The minimum absolute atomic E-state index is 0.104. The third-order valence-corrected chi connectivity index (χ3v) is 6.29. The van der Waals surface area contributed by atoms with E-state index in [4.69, 9.17) is 19.8 Å². The first-order valence-corrected chi connectivity index (χ1v) is 11.1. The van der Waals surface area contributed by atoms with Crippen molar-refractivity contribution in [2.75, 3.05) is 19.6 Å². The van der Waals surface area contributed by atoms with E-state index in [1.807, 2.05) is 6.33 Å². The summed E-state index contributed by atoms with van der Waals surface area (Å²) in [7, 11) is 0. The molecule has 3 heterocycles. The van der Waals surface area contributed by atoms with Crippen LogP contribution in [0.4, 0.5) is 0 Å². The number of piperidine rings is 1. The molecule has 0 aliphatic carbocycles. The molecule has 2 N–H and O–H groups in total. The lowest BCUT2D eigenvalue weighted by atomic mass is 9.96. The van der Waals surface area contributed by atoms with Crippen LogP contribution in [0.2, 0.25) is 0 Å². The fraction of sp³-hybridized carbons (Fsp3) is 0.478. The van der Waals surface area contributed by atoms with Crippen LogP contribution < -0.4 is 0 Å². The zero-order valence-corrected chi connectivity index (χ0v) is 19.2. The monoisotopic (exact) mass is 472 g/mol. The molecule has 0 spiro atoms. The van der Waals surface area contributed by atoms with Crippen molar-refractivity contribution in [3.05, 3.63) is 29.6 Å². The fourth-order valence-corrected chi connectivity index (χ4v) is 4.14. The maximum Gasteiger partial charge on any atom is 0.414 e. The van der Waals surface area contributed by atoms with Gasteiger partial charge < -0.3 is 19.7 Å². The van der Waals surface area contributed by atoms with Gasteiger partial charge in [0, 0.05) is 32.5 Å². The van der Waals surface area contributed by atoms with E-state index in [2.05, 4.69) is 35.5 Å². The third kappa shape index (κ3) is 5.77. The van der Waals surface area contributed by atoms with Crippen molar-refractivity contribution in [1.82, 2.24) is 19.4 Å². The predicted molar refractivity (Wildman–Crippen MR) is 120 cm³/mol. The van der Waals surface area contributed by atoms with Crippen LogP contribution in [-0.2, 0) is 30.5 Å². The molecule has 11 nitrogen and oxygen atoms in total. The topological polar surface area (TPSA) is 150 Å². The number of fused-ring (bicyclic) bond motifs is 1. The van der Waals surface area contributed by atoms with E-state index in [0.717, 1.165) is 35.3 Å². The van der Waals surface area contributed by atoms with Gasteiger partial charge in [0.1, 0.15) is 6.54 Å². The molecule has 4 rings (SSSR count). The highest BCUT2D eigenvalue weighted by atomic mass is 16.4. The number of carbonyl (C=O) groups is 5. The minimum Gasteiger partial charge on any atom is -0.473 e. The summed E-state index contributed by atoms with van der Waals surface area (Å²) in [5.41, 5.74) is 4.70. The lowest BCUT2D eigenvalue weighted by Gasteiger charge is -2.33. The normalized spacial score (nSPS) is 16.5. The van der Waals surface area contributed by atoms with Crippen LogP contribution in [0.5, 0.6) is 0 Å². The molecule has 34 heavy (non-hydrogen) atoms. The molecule has 11 heteroatoms. The Labute approximate surface area is 196 Å². The van der Waals surface area contributed by atoms with Crippen molar-refractivity contribution in [1.29, 1.82) is 0 Å². The Morgan fingerprint density at radius 3 is 2.09 bits per heavy atom. The van der Waals surface area contributed by atoms with Crippen LogP contribution in [-0.4, -0.2) is 78.9 Å². The van der Waals surface area contributed by atoms with Crippen LogP contribution in [0, 0.1) is 19.8 Å². The summed E-state index contributed by atoms with van der Waals surface area (Å²) in [4.78, 5) is 61.5. The van der Waals surface area contributed by atoms with Crippen molar-refractivity contribution in [3.8, 4) is 0 Å². The highest BCUT2D eigenvalue weighted by molar-refractivity contribution is 6.27. The number of aryl methyl sites for hydroxylation is 2. The van der Waals surface area contributed by atoms with Crippen LogP contribution in [0.1, 0.15) is 36.8 Å². The number of imidazole rings is 1. The van der Waals surface area contributed by atoms with E-state index < -0.39 is 11.9 Å². The molecular formula is C23H28N4O7. The lowest BCUT2D eigenvalue weighted by Crippen LogP contribution is -2.45. The third-order valence-electron chi connectivity index (χ3n) is 6.29. The van der Waals surface area contributed by atoms with Gasteiger partial charge in [-0.3, -0.25) is 19.3 Å². The van der Waals surface area contributed by atoms with Gasteiger partial charge in [-0.2, -0.15) is 0 Å². The molecule has 2 aliphatic heterocycles. The molecular weight excluding hydrogens is 444 g/mol. The van der Waals surface area contributed by atoms with Crippen LogP contribution in [0.3, 0.4) is 0 Å². The van der Waals surface area contributed by atoms with Crippen LogP contribution in [0.25, 0.3) is 11.0 Å². The number of hydrogen-bond donors (Lipinski definition) is 2. The van der Waals surface area contributed by atoms with Crippen LogP contribution >= 0.6 is 0 Å². The summed E-state index contributed by atoms with van der Waals surface area (Å²) in [5, 5.41) is 14.8. The van der Waals surface area contributed by atoms with E-state index >= 15 is 0 Å². The number of rotatable bonds is 4. The smallest absolute Gasteiger partial charge is 0.414 e. The van der Waals surface area contributed by atoms with Crippen molar-refractivity contribution in [2.24, 2.45) is 5.92 Å². The number of imide groups is 1. The van der Waals surface area contributed by atoms with Gasteiger partial charge in [0.2, 0.25) is 17.7 Å². The van der Waals surface area contributed by atoms with Gasteiger partial charge in [-0.25, -0.2) is 14.6 Å². The van der Waals surface area contributed by atoms with Crippen LogP contribution in [0.15, 0.2) is 18.5 Å². The number of likely N-dealkylation sites (tertiary alicyclic amines) is 2. The summed E-state index contributed by atoms with van der Waals surface area (Å²) < 4.78 is 2.21. The van der Waals surface area contributed by atoms with E-state index in [9.17, 15) is 14.4 Å². The zero-order chi connectivity index (χ0) is 25.0. The number of amides is 3. The molecule has 1 aromatic carbocycles.